The predicted octanol–water partition coefficient (Wildman–Crippen LogP) is 3.92. The number of carbonyl (C=O) groups excluding carboxylic acids is 1. The van der Waals surface area contributed by atoms with Gasteiger partial charge in [-0.1, -0.05) is 0 Å². The average Bonchev–Trinajstić information content (AvgIpc) is 2.44. The van der Waals surface area contributed by atoms with E-state index in [0.717, 1.165) is 0 Å². The van der Waals surface area contributed by atoms with Crippen LogP contribution < -0.4 is 10.6 Å². The second-order valence-corrected chi connectivity index (χ2v) is 4.46. The van der Waals surface area contributed by atoms with Gasteiger partial charge in [0.05, 0.1) is 0 Å². The van der Waals surface area contributed by atoms with Crippen LogP contribution in [0.2, 0.25) is 0 Å². The number of anilines is 2. The molecular weight excluding hydrogens is 274 g/mol. The summed E-state index contributed by atoms with van der Waals surface area (Å²) < 4.78 is 25.5. The topological polar surface area (TPSA) is 41.1 Å². The Morgan fingerprint density at radius 1 is 0.857 bits per heavy atom. The molecule has 0 heterocycles. The monoisotopic (exact) mass is 288 g/mol. The van der Waals surface area contributed by atoms with Crippen LogP contribution in [-0.2, 0) is 4.79 Å². The van der Waals surface area contributed by atoms with E-state index in [2.05, 4.69) is 10.6 Å². The van der Waals surface area contributed by atoms with Gasteiger partial charge in [-0.3, -0.25) is 4.79 Å². The van der Waals surface area contributed by atoms with Crippen LogP contribution in [0.4, 0.5) is 20.2 Å². The fourth-order valence-electron chi connectivity index (χ4n) is 1.71. The van der Waals surface area contributed by atoms with Crippen LogP contribution in [0.25, 0.3) is 0 Å². The van der Waals surface area contributed by atoms with E-state index in [1.54, 1.807) is 19.1 Å². The highest BCUT2D eigenvalue weighted by Gasteiger charge is 2.01. The fourth-order valence-corrected chi connectivity index (χ4v) is 1.71. The minimum Gasteiger partial charge on any atom is -0.359 e. The maximum atomic E-state index is 12.8. The molecule has 2 aromatic rings. The first-order valence-electron chi connectivity index (χ1n) is 6.30. The Hall–Kier alpha value is -2.69. The minimum atomic E-state index is -0.363. The summed E-state index contributed by atoms with van der Waals surface area (Å²) in [7, 11) is 0. The lowest BCUT2D eigenvalue weighted by molar-refractivity contribution is -0.111. The van der Waals surface area contributed by atoms with E-state index in [1.165, 1.54) is 42.5 Å². The van der Waals surface area contributed by atoms with Crippen molar-refractivity contribution in [3.05, 3.63) is 71.9 Å². The summed E-state index contributed by atoms with van der Waals surface area (Å²) in [6, 6.07) is 11.3. The van der Waals surface area contributed by atoms with Gasteiger partial charge in [-0.05, 0) is 55.5 Å². The molecule has 0 fully saturated rings. The summed E-state index contributed by atoms with van der Waals surface area (Å²) in [5.74, 6) is -1.03. The maximum absolute atomic E-state index is 12.8. The molecule has 2 aromatic carbocycles. The van der Waals surface area contributed by atoms with Crippen molar-refractivity contribution in [1.29, 1.82) is 0 Å². The SMILES string of the molecule is C/C(=C/C(=O)Nc1ccc(F)cc1)Nc1ccc(F)cc1. The smallest absolute Gasteiger partial charge is 0.250 e. The summed E-state index contributed by atoms with van der Waals surface area (Å²) in [4.78, 5) is 11.8. The first kappa shape index (κ1) is 14.7. The van der Waals surface area contributed by atoms with Gasteiger partial charge in [0.25, 0.3) is 0 Å². The van der Waals surface area contributed by atoms with Crippen LogP contribution in [0, 0.1) is 11.6 Å². The second-order valence-electron chi connectivity index (χ2n) is 4.46. The van der Waals surface area contributed by atoms with Crippen molar-refractivity contribution in [2.24, 2.45) is 0 Å². The second kappa shape index (κ2) is 6.65. The molecule has 2 N–H and O–H groups in total. The van der Waals surface area contributed by atoms with Crippen molar-refractivity contribution in [2.45, 2.75) is 6.92 Å². The first-order chi connectivity index (χ1) is 10.0. The molecule has 108 valence electrons. The predicted molar refractivity (Wildman–Crippen MR) is 78.8 cm³/mol. The van der Waals surface area contributed by atoms with Crippen LogP contribution >= 0.6 is 0 Å². The van der Waals surface area contributed by atoms with Gasteiger partial charge in [-0.2, -0.15) is 0 Å². The van der Waals surface area contributed by atoms with Gasteiger partial charge in [0.15, 0.2) is 0 Å². The Bertz CT molecular complexity index is 649. The summed E-state index contributed by atoms with van der Waals surface area (Å²) >= 11 is 0. The Balaban J connectivity index is 1.96. The highest BCUT2D eigenvalue weighted by atomic mass is 19.1. The molecule has 0 unspecified atom stereocenters. The van der Waals surface area contributed by atoms with Crippen LogP contribution in [0.3, 0.4) is 0 Å². The van der Waals surface area contributed by atoms with Crippen LogP contribution in [0.5, 0.6) is 0 Å². The summed E-state index contributed by atoms with van der Waals surface area (Å²) in [6.45, 7) is 1.72. The number of amides is 1. The van der Waals surface area contributed by atoms with Gasteiger partial charge in [0.2, 0.25) is 5.91 Å². The molecular formula is C16H14F2N2O. The van der Waals surface area contributed by atoms with Crippen molar-refractivity contribution in [3.63, 3.8) is 0 Å². The molecule has 0 aliphatic heterocycles. The van der Waals surface area contributed by atoms with Gasteiger partial charge >= 0.3 is 0 Å². The number of halogens is 2. The van der Waals surface area contributed by atoms with E-state index >= 15 is 0 Å². The van der Waals surface area contributed by atoms with E-state index in [9.17, 15) is 13.6 Å². The molecule has 0 spiro atoms. The minimum absolute atomic E-state index is 0.323. The summed E-state index contributed by atoms with van der Waals surface area (Å²) in [5, 5.41) is 5.58. The first-order valence-corrected chi connectivity index (χ1v) is 6.30. The molecule has 0 atom stereocenters. The molecule has 21 heavy (non-hydrogen) atoms. The van der Waals surface area contributed by atoms with Crippen molar-refractivity contribution in [1.82, 2.24) is 0 Å². The standard InChI is InChI=1S/C16H14F2N2O/c1-11(19-14-6-2-12(17)3-7-14)10-16(21)20-15-8-4-13(18)5-9-15/h2-10,19H,1H3,(H,20,21)/b11-10-. The van der Waals surface area contributed by atoms with Crippen LogP contribution in [-0.4, -0.2) is 5.91 Å². The van der Waals surface area contributed by atoms with Crippen molar-refractivity contribution >= 4 is 17.3 Å². The Labute approximate surface area is 121 Å². The van der Waals surface area contributed by atoms with Gasteiger partial charge in [-0.25, -0.2) is 8.78 Å². The largest absolute Gasteiger partial charge is 0.359 e. The van der Waals surface area contributed by atoms with Crippen molar-refractivity contribution < 1.29 is 13.6 Å². The normalized spacial score (nSPS) is 11.1. The number of nitrogens with one attached hydrogen (secondary N) is 2. The third-order valence-electron chi connectivity index (χ3n) is 2.65. The van der Waals surface area contributed by atoms with Gasteiger partial charge < -0.3 is 10.6 Å². The van der Waals surface area contributed by atoms with Gasteiger partial charge in [0, 0.05) is 23.1 Å². The number of benzene rings is 2. The van der Waals surface area contributed by atoms with Crippen LogP contribution in [0.15, 0.2) is 60.3 Å². The fraction of sp³-hybridized carbons (Fsp3) is 0.0625. The zero-order chi connectivity index (χ0) is 15.2. The third kappa shape index (κ3) is 4.72. The number of rotatable bonds is 4. The maximum Gasteiger partial charge on any atom is 0.250 e. The molecule has 1 amide bonds. The molecule has 0 aliphatic rings. The Morgan fingerprint density at radius 3 is 1.76 bits per heavy atom. The zero-order valence-electron chi connectivity index (χ0n) is 11.4. The molecule has 0 saturated carbocycles. The summed E-state index contributed by atoms with van der Waals surface area (Å²) in [5.41, 5.74) is 1.79. The Kier molecular flexibility index (Phi) is 4.66. The average molecular weight is 288 g/mol. The molecule has 0 bridgehead atoms. The molecule has 2 rings (SSSR count). The molecule has 0 aromatic heterocycles. The lowest BCUT2D eigenvalue weighted by Gasteiger charge is -2.07. The quantitative estimate of drug-likeness (QED) is 0.837. The molecule has 3 nitrogen and oxygen atoms in total. The van der Waals surface area contributed by atoms with Crippen LogP contribution in [0.1, 0.15) is 6.92 Å². The van der Waals surface area contributed by atoms with E-state index in [1.807, 2.05) is 0 Å². The number of hydrogen-bond acceptors (Lipinski definition) is 2. The van der Waals surface area contributed by atoms with E-state index < -0.39 is 0 Å². The van der Waals surface area contributed by atoms with Gasteiger partial charge in [0.1, 0.15) is 11.6 Å². The molecule has 0 saturated heterocycles. The molecule has 5 heteroatoms. The number of carbonyl (C=O) groups is 1. The highest BCUT2D eigenvalue weighted by Crippen LogP contribution is 2.12. The summed E-state index contributed by atoms with van der Waals surface area (Å²) in [6.07, 6.45) is 1.37. The van der Waals surface area contributed by atoms with Crippen molar-refractivity contribution in [3.8, 4) is 0 Å². The van der Waals surface area contributed by atoms with E-state index in [0.29, 0.717) is 17.1 Å². The molecule has 0 radical (unpaired) electrons. The lowest BCUT2D eigenvalue weighted by atomic mass is 10.3. The highest BCUT2D eigenvalue weighted by molar-refractivity contribution is 5.99. The van der Waals surface area contributed by atoms with E-state index in [-0.39, 0.29) is 17.5 Å². The van der Waals surface area contributed by atoms with Gasteiger partial charge in [-0.15, -0.1) is 0 Å². The Morgan fingerprint density at radius 2 is 1.29 bits per heavy atom. The molecule has 0 aliphatic carbocycles. The third-order valence-corrected chi connectivity index (χ3v) is 2.65. The zero-order valence-corrected chi connectivity index (χ0v) is 11.4. The number of hydrogen-bond donors (Lipinski definition) is 2. The van der Waals surface area contributed by atoms with E-state index in [4.69, 9.17) is 0 Å². The van der Waals surface area contributed by atoms with Crippen molar-refractivity contribution in [2.75, 3.05) is 10.6 Å². The number of allylic oxidation sites excluding steroid dienone is 1. The lowest BCUT2D eigenvalue weighted by Crippen LogP contribution is -2.10.